The Kier molecular flexibility index (Phi) is 15.1. The van der Waals surface area contributed by atoms with Gasteiger partial charge < -0.3 is 10.5 Å². The highest BCUT2D eigenvalue weighted by atomic mass is 35.5. The first-order valence-corrected chi connectivity index (χ1v) is 17.0. The van der Waals surface area contributed by atoms with Crippen molar-refractivity contribution in [3.05, 3.63) is 67.0 Å². The van der Waals surface area contributed by atoms with E-state index in [1.807, 2.05) is 24.3 Å². The van der Waals surface area contributed by atoms with Crippen LogP contribution in [0.3, 0.4) is 0 Å². The summed E-state index contributed by atoms with van der Waals surface area (Å²) in [7, 11) is 1.63. The van der Waals surface area contributed by atoms with Crippen molar-refractivity contribution in [3.63, 3.8) is 0 Å². The molecule has 0 atom stereocenters. The molecule has 43 heavy (non-hydrogen) atoms. The molecule has 0 radical (unpaired) electrons. The second-order valence-corrected chi connectivity index (χ2v) is 15.2. The predicted molar refractivity (Wildman–Crippen MR) is 189 cm³/mol. The summed E-state index contributed by atoms with van der Waals surface area (Å²) in [6.07, 6.45) is 15.2. The molecule has 0 spiro atoms. The summed E-state index contributed by atoms with van der Waals surface area (Å²) < 4.78 is 6.51. The topological polar surface area (TPSA) is 92.6 Å². The van der Waals surface area contributed by atoms with Crippen LogP contribution in [0.1, 0.15) is 115 Å². The van der Waals surface area contributed by atoms with E-state index in [-0.39, 0.29) is 14.9 Å². The quantitative estimate of drug-likeness (QED) is 0.191. The molecule has 6 rings (SSSR count). The molecule has 0 amide bonds. The molecule has 4 aromatic rings. The van der Waals surface area contributed by atoms with Crippen LogP contribution < -0.4 is 10.5 Å². The Morgan fingerprint density at radius 1 is 0.791 bits per heavy atom. The molecular formula is C33H51Cl2N5OS2. The molecule has 4 N–H and O–H groups in total. The van der Waals surface area contributed by atoms with Gasteiger partial charge in [-0.15, -0.1) is 11.3 Å². The van der Waals surface area contributed by atoms with E-state index in [1.54, 1.807) is 18.4 Å². The molecule has 2 fully saturated rings. The monoisotopic (exact) mass is 667 g/mol. The maximum absolute atomic E-state index is 5.96. The van der Waals surface area contributed by atoms with Gasteiger partial charge in [-0.25, -0.2) is 0 Å². The average molecular weight is 669 g/mol. The lowest BCUT2D eigenvalue weighted by molar-refractivity contribution is 0.312. The normalized spacial score (nSPS) is 16.8. The number of aromatic nitrogens is 4. The number of ether oxygens (including phenoxy) is 1. The first kappa shape index (κ1) is 37.2. The molecule has 4 aromatic heterocycles. The van der Waals surface area contributed by atoms with Gasteiger partial charge in [-0.1, -0.05) is 102 Å². The highest BCUT2D eigenvalue weighted by Crippen LogP contribution is 2.39. The van der Waals surface area contributed by atoms with Crippen molar-refractivity contribution in [2.24, 2.45) is 0 Å². The molecule has 6 nitrogen and oxygen atoms in total. The minimum atomic E-state index is 0. The Balaban J connectivity index is 0.000000242. The Labute approximate surface area is 277 Å². The minimum Gasteiger partial charge on any atom is -0.487 e. The summed E-state index contributed by atoms with van der Waals surface area (Å²) in [6, 6.07) is 12.0. The number of anilines is 1. The number of aromatic amines is 2. The van der Waals surface area contributed by atoms with Crippen molar-refractivity contribution in [1.29, 1.82) is 0 Å². The van der Waals surface area contributed by atoms with Crippen molar-refractivity contribution in [3.8, 4) is 5.06 Å². The Morgan fingerprint density at radius 2 is 1.40 bits per heavy atom. The molecule has 240 valence electrons. The number of aryl methyl sites for hydroxylation is 2. The molecule has 0 aromatic carbocycles. The van der Waals surface area contributed by atoms with E-state index in [0.29, 0.717) is 16.6 Å². The fourth-order valence-electron chi connectivity index (χ4n) is 5.79. The number of halogens is 2. The van der Waals surface area contributed by atoms with Crippen LogP contribution in [-0.4, -0.2) is 27.5 Å². The lowest BCUT2D eigenvalue weighted by Gasteiger charge is -2.32. The molecule has 0 aliphatic heterocycles. The van der Waals surface area contributed by atoms with Crippen molar-refractivity contribution in [2.45, 2.75) is 117 Å². The number of nitrogens with zero attached hydrogens (tertiary/aromatic N) is 2. The predicted octanol–water partition coefficient (Wildman–Crippen LogP) is 11.0. The summed E-state index contributed by atoms with van der Waals surface area (Å²) in [5.74, 6) is 0.613. The first-order valence-electron chi connectivity index (χ1n) is 14.6. The van der Waals surface area contributed by atoms with E-state index >= 15 is 0 Å². The van der Waals surface area contributed by atoms with Gasteiger partial charge in [0, 0.05) is 33.2 Å². The first-order chi connectivity index (χ1) is 19.7. The average Bonchev–Trinajstić information content (AvgIpc) is 3.78. The van der Waals surface area contributed by atoms with E-state index in [2.05, 4.69) is 46.4 Å². The van der Waals surface area contributed by atoms with Crippen molar-refractivity contribution >= 4 is 51.7 Å². The second-order valence-electron chi connectivity index (χ2n) is 11.7. The van der Waals surface area contributed by atoms with Gasteiger partial charge in [-0.2, -0.15) is 10.2 Å². The molecule has 2 saturated carbocycles. The van der Waals surface area contributed by atoms with Crippen LogP contribution in [0.15, 0.2) is 36.4 Å². The fourth-order valence-corrected chi connectivity index (χ4v) is 7.71. The van der Waals surface area contributed by atoms with Gasteiger partial charge in [-0.05, 0) is 68.9 Å². The van der Waals surface area contributed by atoms with Crippen LogP contribution in [0.4, 0.5) is 5.82 Å². The molecule has 0 saturated heterocycles. The van der Waals surface area contributed by atoms with Crippen molar-refractivity contribution < 1.29 is 4.74 Å². The van der Waals surface area contributed by atoms with Crippen molar-refractivity contribution in [2.75, 3.05) is 12.8 Å². The number of methoxy groups -OCH3 is 1. The van der Waals surface area contributed by atoms with Crippen LogP contribution >= 0.6 is 45.9 Å². The second kappa shape index (κ2) is 17.5. The minimum absolute atomic E-state index is 0. The van der Waals surface area contributed by atoms with Gasteiger partial charge in [0.1, 0.15) is 5.82 Å². The van der Waals surface area contributed by atoms with Gasteiger partial charge in [0.2, 0.25) is 0 Å². The summed E-state index contributed by atoms with van der Waals surface area (Å²) >= 11 is 14.6. The number of nitrogens with one attached hydrogen (secondary N) is 2. The summed E-state index contributed by atoms with van der Waals surface area (Å²) in [4.78, 5) is 1.34. The fraction of sp³-hybridized carbons (Fsp3) is 0.576. The lowest BCUT2D eigenvalue weighted by Crippen LogP contribution is -2.25. The molecule has 0 bridgehead atoms. The number of nitrogen functional groups attached to an aromatic ring is 1. The highest BCUT2D eigenvalue weighted by Gasteiger charge is 2.31. The third kappa shape index (κ3) is 10.8. The van der Waals surface area contributed by atoms with Crippen LogP contribution in [0.25, 0.3) is 0 Å². The smallest absolute Gasteiger partial charge is 0.174 e. The number of hydrogen-bond donors (Lipinski definition) is 3. The number of rotatable bonds is 6. The number of nitrogens with two attached hydrogens (primary N) is 1. The summed E-state index contributed by atoms with van der Waals surface area (Å²) in [6.45, 7) is 4.67. The molecule has 4 heterocycles. The zero-order valence-electron chi connectivity index (χ0n) is 24.4. The van der Waals surface area contributed by atoms with E-state index in [1.165, 1.54) is 97.5 Å². The van der Waals surface area contributed by atoms with E-state index in [4.69, 9.17) is 33.7 Å². The van der Waals surface area contributed by atoms with Gasteiger partial charge in [0.05, 0.1) is 21.5 Å². The van der Waals surface area contributed by atoms with Gasteiger partial charge in [-0.3, -0.25) is 10.2 Å². The molecule has 10 heteroatoms. The van der Waals surface area contributed by atoms with Crippen LogP contribution in [0.5, 0.6) is 5.06 Å². The largest absolute Gasteiger partial charge is 0.487 e. The number of thiophene rings is 2. The molecule has 2 aliphatic carbocycles. The third-order valence-electron chi connectivity index (χ3n) is 8.43. The van der Waals surface area contributed by atoms with Gasteiger partial charge >= 0.3 is 0 Å². The van der Waals surface area contributed by atoms with E-state index in [0.717, 1.165) is 26.6 Å². The van der Waals surface area contributed by atoms with Crippen LogP contribution in [-0.2, 0) is 23.7 Å². The molecular weight excluding hydrogens is 617 g/mol. The number of H-pyrrole nitrogens is 2. The molecule has 0 unspecified atom stereocenters. The van der Waals surface area contributed by atoms with E-state index < -0.39 is 0 Å². The molecule has 2 aliphatic rings. The summed E-state index contributed by atoms with van der Waals surface area (Å²) in [5, 5.41) is 15.7. The van der Waals surface area contributed by atoms with Crippen LogP contribution in [0.2, 0.25) is 8.67 Å². The zero-order valence-corrected chi connectivity index (χ0v) is 27.5. The SMILES string of the molecule is C.C.CC1(c2cc(CCc3ccc(Cl)s3)[nH]n2)CCCCC1.CC1(c2cc(N)n[nH]2)CCCCC1.COc1ccc(Cl)s1. The third-order valence-corrected chi connectivity index (χ3v) is 10.9. The lowest BCUT2D eigenvalue weighted by atomic mass is 9.73. The Hall–Kier alpha value is -2.00. The maximum atomic E-state index is 5.96. The van der Waals surface area contributed by atoms with Gasteiger partial charge in [0.15, 0.2) is 5.06 Å². The standard InChI is InChI=1S/C16H21ClN2S.C10H17N3.C5H5ClOS.2CH4/c1-16(9-3-2-4-10-16)14-11-12(18-19-14)5-6-13-7-8-15(17)20-13;1-10(5-3-2-4-6-10)8-7-9(11)13-12-8;1-7-5-3-2-4(6)8-5;;/h7-8,11H,2-6,9-10H2,1H3,(H,18,19);7H,2-6H2,1H3,(H3,11,12,13);2-3H,1H3;2*1H4. The maximum Gasteiger partial charge on any atom is 0.174 e. The zero-order chi connectivity index (χ0) is 29.3. The van der Waals surface area contributed by atoms with Crippen molar-refractivity contribution in [1.82, 2.24) is 20.4 Å². The number of hydrogen-bond acceptors (Lipinski definition) is 6. The summed E-state index contributed by atoms with van der Waals surface area (Å²) in [5.41, 5.74) is 9.91. The van der Waals surface area contributed by atoms with E-state index in [9.17, 15) is 0 Å². The highest BCUT2D eigenvalue weighted by molar-refractivity contribution is 7.17. The van der Waals surface area contributed by atoms with Crippen LogP contribution in [0, 0.1) is 0 Å². The Bertz CT molecular complexity index is 1330. The Morgan fingerprint density at radius 3 is 1.88 bits per heavy atom. The van der Waals surface area contributed by atoms with Gasteiger partial charge in [0.25, 0.3) is 0 Å².